The van der Waals surface area contributed by atoms with Crippen molar-refractivity contribution < 1.29 is 0 Å². The number of aryl methyl sites for hydroxylation is 2. The van der Waals surface area contributed by atoms with Crippen molar-refractivity contribution in [1.82, 2.24) is 15.2 Å². The highest BCUT2D eigenvalue weighted by molar-refractivity contribution is 5.54. The zero-order valence-electron chi connectivity index (χ0n) is 12.4. The molecule has 3 rings (SSSR count). The van der Waals surface area contributed by atoms with Crippen molar-refractivity contribution in [2.24, 2.45) is 0 Å². The average Bonchev–Trinajstić information content (AvgIpc) is 2.94. The van der Waals surface area contributed by atoms with E-state index in [2.05, 4.69) is 32.2 Å². The highest BCUT2D eigenvalue weighted by atomic mass is 15.2. The minimum atomic E-state index is 0.401. The highest BCUT2D eigenvalue weighted by Crippen LogP contribution is 2.30. The standard InChI is InChI=1S/C16H19N5/c1-11-5-6-13(9-17)16(18-11)21-7-3-4-14(10-21)15-8-12(2)19-20-15/h5-6,8,14H,3-4,7,10H2,1-2H3,(H,19,20). The van der Waals surface area contributed by atoms with E-state index in [1.807, 2.05) is 26.0 Å². The van der Waals surface area contributed by atoms with Gasteiger partial charge in [-0.15, -0.1) is 0 Å². The molecule has 21 heavy (non-hydrogen) atoms. The van der Waals surface area contributed by atoms with Gasteiger partial charge in [0.1, 0.15) is 11.9 Å². The van der Waals surface area contributed by atoms with E-state index in [1.54, 1.807) is 0 Å². The summed E-state index contributed by atoms with van der Waals surface area (Å²) in [6, 6.07) is 8.12. The summed E-state index contributed by atoms with van der Waals surface area (Å²) in [6.07, 6.45) is 2.23. The molecule has 0 aliphatic carbocycles. The average molecular weight is 281 g/mol. The van der Waals surface area contributed by atoms with Crippen LogP contribution in [0.15, 0.2) is 18.2 Å². The van der Waals surface area contributed by atoms with Gasteiger partial charge in [0, 0.05) is 30.4 Å². The quantitative estimate of drug-likeness (QED) is 0.919. The fraction of sp³-hybridized carbons (Fsp3) is 0.438. The second-order valence-electron chi connectivity index (χ2n) is 5.70. The predicted molar refractivity (Wildman–Crippen MR) is 81.2 cm³/mol. The largest absolute Gasteiger partial charge is 0.355 e. The van der Waals surface area contributed by atoms with Crippen molar-refractivity contribution in [2.45, 2.75) is 32.6 Å². The lowest BCUT2D eigenvalue weighted by atomic mass is 9.94. The summed E-state index contributed by atoms with van der Waals surface area (Å²) in [7, 11) is 0. The van der Waals surface area contributed by atoms with Crippen LogP contribution >= 0.6 is 0 Å². The maximum atomic E-state index is 9.29. The molecule has 3 heterocycles. The van der Waals surface area contributed by atoms with Gasteiger partial charge < -0.3 is 4.90 Å². The van der Waals surface area contributed by atoms with Crippen LogP contribution in [0.3, 0.4) is 0 Å². The van der Waals surface area contributed by atoms with Gasteiger partial charge in [0.2, 0.25) is 0 Å². The maximum Gasteiger partial charge on any atom is 0.146 e. The number of aromatic nitrogens is 3. The Morgan fingerprint density at radius 2 is 2.24 bits per heavy atom. The summed E-state index contributed by atoms with van der Waals surface area (Å²) in [5, 5.41) is 16.7. The van der Waals surface area contributed by atoms with Gasteiger partial charge in [-0.3, -0.25) is 5.10 Å². The van der Waals surface area contributed by atoms with Gasteiger partial charge in [-0.2, -0.15) is 10.4 Å². The molecule has 0 spiro atoms. The number of hydrogen-bond acceptors (Lipinski definition) is 4. The first-order chi connectivity index (χ1) is 10.2. The van der Waals surface area contributed by atoms with Crippen LogP contribution in [0.5, 0.6) is 0 Å². The monoisotopic (exact) mass is 281 g/mol. The number of pyridine rings is 1. The number of nitrogens with one attached hydrogen (secondary N) is 1. The number of anilines is 1. The Balaban J connectivity index is 1.86. The number of piperidine rings is 1. The minimum Gasteiger partial charge on any atom is -0.355 e. The summed E-state index contributed by atoms with van der Waals surface area (Å²) >= 11 is 0. The van der Waals surface area contributed by atoms with E-state index >= 15 is 0 Å². The lowest BCUT2D eigenvalue weighted by molar-refractivity contribution is 0.497. The van der Waals surface area contributed by atoms with Crippen molar-refractivity contribution in [3.05, 3.63) is 40.8 Å². The molecule has 1 atom stereocenters. The minimum absolute atomic E-state index is 0.401. The van der Waals surface area contributed by atoms with E-state index in [1.165, 1.54) is 0 Å². The van der Waals surface area contributed by atoms with E-state index in [4.69, 9.17) is 0 Å². The van der Waals surface area contributed by atoms with E-state index in [9.17, 15) is 5.26 Å². The zero-order valence-corrected chi connectivity index (χ0v) is 12.4. The molecule has 1 aliphatic heterocycles. The molecular formula is C16H19N5. The summed E-state index contributed by atoms with van der Waals surface area (Å²) < 4.78 is 0. The summed E-state index contributed by atoms with van der Waals surface area (Å²) in [4.78, 5) is 6.80. The molecule has 1 aliphatic rings. The van der Waals surface area contributed by atoms with E-state index in [0.29, 0.717) is 11.5 Å². The maximum absolute atomic E-state index is 9.29. The first-order valence-electron chi connectivity index (χ1n) is 7.32. The number of hydrogen-bond donors (Lipinski definition) is 1. The van der Waals surface area contributed by atoms with Crippen molar-refractivity contribution in [2.75, 3.05) is 18.0 Å². The first kappa shape index (κ1) is 13.6. The molecule has 5 heteroatoms. The Labute approximate surface area is 124 Å². The van der Waals surface area contributed by atoms with Gasteiger partial charge in [-0.05, 0) is 44.9 Å². The number of nitrogens with zero attached hydrogens (tertiary/aromatic N) is 4. The van der Waals surface area contributed by atoms with E-state index < -0.39 is 0 Å². The van der Waals surface area contributed by atoms with Crippen molar-refractivity contribution in [3.8, 4) is 6.07 Å². The van der Waals surface area contributed by atoms with Crippen LogP contribution in [0.4, 0.5) is 5.82 Å². The van der Waals surface area contributed by atoms with E-state index in [-0.39, 0.29) is 0 Å². The molecule has 108 valence electrons. The Kier molecular flexibility index (Phi) is 3.61. The number of aromatic amines is 1. The molecule has 0 saturated carbocycles. The lowest BCUT2D eigenvalue weighted by Gasteiger charge is -2.33. The van der Waals surface area contributed by atoms with E-state index in [0.717, 1.165) is 48.8 Å². The Hall–Kier alpha value is -2.35. The Morgan fingerprint density at radius 3 is 2.95 bits per heavy atom. The van der Waals surface area contributed by atoms with Gasteiger partial charge in [0.05, 0.1) is 11.3 Å². The first-order valence-corrected chi connectivity index (χ1v) is 7.32. The predicted octanol–water partition coefficient (Wildman–Crippen LogP) is 2.68. The molecule has 5 nitrogen and oxygen atoms in total. The SMILES string of the molecule is Cc1ccc(C#N)c(N2CCCC(c3cc(C)[nH]n3)C2)n1. The molecule has 1 saturated heterocycles. The van der Waals surface area contributed by atoms with Crippen LogP contribution in [0.2, 0.25) is 0 Å². The van der Waals surface area contributed by atoms with Gasteiger partial charge in [-0.1, -0.05) is 0 Å². The third-order valence-electron chi connectivity index (χ3n) is 4.00. The second-order valence-corrected chi connectivity index (χ2v) is 5.70. The summed E-state index contributed by atoms with van der Waals surface area (Å²) in [5.41, 5.74) is 3.80. The van der Waals surface area contributed by atoms with Crippen LogP contribution in [0.1, 0.15) is 41.4 Å². The summed E-state index contributed by atoms with van der Waals surface area (Å²) in [5.74, 6) is 1.21. The third kappa shape index (κ3) is 2.75. The molecule has 1 unspecified atom stereocenters. The fourth-order valence-corrected chi connectivity index (χ4v) is 2.93. The summed E-state index contributed by atoms with van der Waals surface area (Å²) in [6.45, 7) is 5.80. The van der Waals surface area contributed by atoms with Crippen molar-refractivity contribution >= 4 is 5.82 Å². The van der Waals surface area contributed by atoms with Crippen LogP contribution in [0.25, 0.3) is 0 Å². The van der Waals surface area contributed by atoms with Gasteiger partial charge >= 0.3 is 0 Å². The van der Waals surface area contributed by atoms with Crippen LogP contribution in [0, 0.1) is 25.2 Å². The number of H-pyrrole nitrogens is 1. The highest BCUT2D eigenvalue weighted by Gasteiger charge is 2.25. The number of rotatable bonds is 2. The van der Waals surface area contributed by atoms with Crippen molar-refractivity contribution in [3.63, 3.8) is 0 Å². The van der Waals surface area contributed by atoms with Crippen LogP contribution in [-0.2, 0) is 0 Å². The third-order valence-corrected chi connectivity index (χ3v) is 4.00. The fourth-order valence-electron chi connectivity index (χ4n) is 2.93. The molecule has 1 fully saturated rings. The molecular weight excluding hydrogens is 262 g/mol. The zero-order chi connectivity index (χ0) is 14.8. The van der Waals surface area contributed by atoms with Gasteiger partial charge in [-0.25, -0.2) is 4.98 Å². The van der Waals surface area contributed by atoms with Crippen molar-refractivity contribution in [1.29, 1.82) is 5.26 Å². The Bertz CT molecular complexity index is 682. The normalized spacial score (nSPS) is 18.5. The molecule has 2 aromatic heterocycles. The van der Waals surface area contributed by atoms with Gasteiger partial charge in [0.25, 0.3) is 0 Å². The lowest BCUT2D eigenvalue weighted by Crippen LogP contribution is -2.35. The molecule has 0 radical (unpaired) electrons. The van der Waals surface area contributed by atoms with Crippen LogP contribution in [-0.4, -0.2) is 28.3 Å². The second kappa shape index (κ2) is 5.57. The topological polar surface area (TPSA) is 68.6 Å². The molecule has 0 amide bonds. The smallest absolute Gasteiger partial charge is 0.146 e. The van der Waals surface area contributed by atoms with Gasteiger partial charge in [0.15, 0.2) is 0 Å². The molecule has 1 N–H and O–H groups in total. The Morgan fingerprint density at radius 1 is 1.38 bits per heavy atom. The molecule has 0 bridgehead atoms. The number of nitriles is 1. The molecule has 0 aromatic carbocycles. The molecule has 2 aromatic rings. The van der Waals surface area contributed by atoms with Crippen LogP contribution < -0.4 is 4.90 Å².